The number of rotatable bonds is 5. The smallest absolute Gasteiger partial charge is 0.191 e. The molecule has 0 fully saturated rings. The molecule has 2 heterocycles. The van der Waals surface area contributed by atoms with Crippen molar-refractivity contribution in [1.82, 2.24) is 30.7 Å². The molecule has 1 unspecified atom stereocenters. The Morgan fingerprint density at radius 1 is 1.38 bits per heavy atom. The lowest BCUT2D eigenvalue weighted by Crippen LogP contribution is -2.42. The van der Waals surface area contributed by atoms with Crippen molar-refractivity contribution in [3.05, 3.63) is 11.6 Å². The summed E-state index contributed by atoms with van der Waals surface area (Å²) in [6.45, 7) is 13.9. The second kappa shape index (κ2) is 9.55. The van der Waals surface area contributed by atoms with Gasteiger partial charge in [-0.3, -0.25) is 4.99 Å². The lowest BCUT2D eigenvalue weighted by atomic mass is 10.1. The van der Waals surface area contributed by atoms with Crippen molar-refractivity contribution in [2.45, 2.75) is 65.6 Å². The molecule has 2 rings (SSSR count). The highest BCUT2D eigenvalue weighted by Crippen LogP contribution is 2.22. The molecule has 24 heavy (non-hydrogen) atoms. The van der Waals surface area contributed by atoms with Crippen LogP contribution < -0.4 is 16.0 Å². The molecule has 0 amide bonds. The first kappa shape index (κ1) is 21.1. The Balaban J connectivity index is 0.00000288. The standard InChI is InChI=1S/C16H31N7.HI/c1-6-17-15(18-9-10-19-16(3,4)5)21-13-8-7-11-23-14(13)20-12(2)22-23;/h13,19H,6-11H2,1-5H3,(H2,17,18,21);1H. The SMILES string of the molecule is CCNC(=NCCNC(C)(C)C)NC1CCCn2nc(C)nc21.I. The minimum Gasteiger partial charge on any atom is -0.357 e. The Morgan fingerprint density at radius 2 is 2.12 bits per heavy atom. The van der Waals surface area contributed by atoms with Gasteiger partial charge in [-0.2, -0.15) is 5.10 Å². The number of nitrogens with zero attached hydrogens (tertiary/aromatic N) is 4. The number of aryl methyl sites for hydroxylation is 2. The Morgan fingerprint density at radius 3 is 2.79 bits per heavy atom. The van der Waals surface area contributed by atoms with Crippen molar-refractivity contribution in [1.29, 1.82) is 0 Å². The highest BCUT2D eigenvalue weighted by Gasteiger charge is 2.24. The summed E-state index contributed by atoms with van der Waals surface area (Å²) < 4.78 is 2.02. The van der Waals surface area contributed by atoms with Crippen LogP contribution in [-0.4, -0.2) is 45.9 Å². The molecule has 3 N–H and O–H groups in total. The molecule has 0 aliphatic carbocycles. The Kier molecular flexibility index (Phi) is 8.41. The van der Waals surface area contributed by atoms with Gasteiger partial charge in [-0.1, -0.05) is 0 Å². The van der Waals surface area contributed by atoms with E-state index < -0.39 is 0 Å². The van der Waals surface area contributed by atoms with Gasteiger partial charge in [0.15, 0.2) is 5.96 Å². The van der Waals surface area contributed by atoms with Crippen LogP contribution in [0.15, 0.2) is 4.99 Å². The number of aliphatic imine (C=N–C) groups is 1. The summed E-state index contributed by atoms with van der Waals surface area (Å²) in [4.78, 5) is 9.23. The predicted octanol–water partition coefficient (Wildman–Crippen LogP) is 1.98. The maximum atomic E-state index is 4.66. The Bertz CT molecular complexity index is 533. The van der Waals surface area contributed by atoms with Crippen molar-refractivity contribution in [2.24, 2.45) is 4.99 Å². The van der Waals surface area contributed by atoms with E-state index in [-0.39, 0.29) is 35.6 Å². The van der Waals surface area contributed by atoms with E-state index in [4.69, 9.17) is 0 Å². The number of fused-ring (bicyclic) bond motifs is 1. The minimum atomic E-state index is 0. The van der Waals surface area contributed by atoms with Gasteiger partial charge in [0.1, 0.15) is 11.6 Å². The zero-order chi connectivity index (χ0) is 16.9. The van der Waals surface area contributed by atoms with E-state index >= 15 is 0 Å². The number of hydrogen-bond acceptors (Lipinski definition) is 4. The van der Waals surface area contributed by atoms with Gasteiger partial charge in [-0.15, -0.1) is 24.0 Å². The normalized spacial score (nSPS) is 17.9. The molecule has 138 valence electrons. The highest BCUT2D eigenvalue weighted by molar-refractivity contribution is 14.0. The van der Waals surface area contributed by atoms with Gasteiger partial charge in [0.25, 0.3) is 0 Å². The summed E-state index contributed by atoms with van der Waals surface area (Å²) >= 11 is 0. The second-order valence-electron chi connectivity index (χ2n) is 7.02. The molecule has 8 heteroatoms. The number of nitrogens with one attached hydrogen (secondary N) is 3. The summed E-state index contributed by atoms with van der Waals surface area (Å²) in [6.07, 6.45) is 2.17. The number of hydrogen-bond donors (Lipinski definition) is 3. The van der Waals surface area contributed by atoms with Gasteiger partial charge in [0.2, 0.25) is 0 Å². The first-order valence-electron chi connectivity index (χ1n) is 8.60. The molecule has 0 spiro atoms. The highest BCUT2D eigenvalue weighted by atomic mass is 127. The molecule has 0 aromatic carbocycles. The molecule has 7 nitrogen and oxygen atoms in total. The molecule has 0 radical (unpaired) electrons. The summed E-state index contributed by atoms with van der Waals surface area (Å²) in [5, 5.41) is 14.7. The monoisotopic (exact) mass is 449 g/mol. The van der Waals surface area contributed by atoms with Crippen molar-refractivity contribution in [3.63, 3.8) is 0 Å². The van der Waals surface area contributed by atoms with Gasteiger partial charge < -0.3 is 16.0 Å². The van der Waals surface area contributed by atoms with Crippen molar-refractivity contribution in [3.8, 4) is 0 Å². The first-order valence-corrected chi connectivity index (χ1v) is 8.60. The van der Waals surface area contributed by atoms with Gasteiger partial charge in [-0.25, -0.2) is 9.67 Å². The van der Waals surface area contributed by atoms with Gasteiger partial charge in [-0.05, 0) is 47.5 Å². The summed E-state index contributed by atoms with van der Waals surface area (Å²) in [5.41, 5.74) is 0.124. The van der Waals surface area contributed by atoms with E-state index in [2.05, 4.69) is 58.7 Å². The van der Waals surface area contributed by atoms with Gasteiger partial charge in [0, 0.05) is 25.2 Å². The van der Waals surface area contributed by atoms with E-state index in [1.165, 1.54) is 0 Å². The van der Waals surface area contributed by atoms with Crippen LogP contribution in [0.4, 0.5) is 0 Å². The fourth-order valence-electron chi connectivity index (χ4n) is 2.69. The molecule has 0 bridgehead atoms. The van der Waals surface area contributed by atoms with Crippen LogP contribution in [0.25, 0.3) is 0 Å². The summed E-state index contributed by atoms with van der Waals surface area (Å²) in [6, 6.07) is 0.179. The van der Waals surface area contributed by atoms with E-state index in [1.807, 2.05) is 11.6 Å². The number of aromatic nitrogens is 3. The van der Waals surface area contributed by atoms with E-state index in [9.17, 15) is 0 Å². The number of guanidine groups is 1. The van der Waals surface area contributed by atoms with Crippen molar-refractivity contribution >= 4 is 29.9 Å². The summed E-state index contributed by atoms with van der Waals surface area (Å²) in [5.74, 6) is 2.71. The van der Waals surface area contributed by atoms with Crippen molar-refractivity contribution in [2.75, 3.05) is 19.6 Å². The van der Waals surface area contributed by atoms with Crippen LogP contribution in [0.5, 0.6) is 0 Å². The van der Waals surface area contributed by atoms with Crippen molar-refractivity contribution < 1.29 is 0 Å². The van der Waals surface area contributed by atoms with Crippen LogP contribution in [0.3, 0.4) is 0 Å². The molecule has 1 aromatic heterocycles. The molecular formula is C16H32IN7. The average molecular weight is 449 g/mol. The molecular weight excluding hydrogens is 417 g/mol. The molecule has 0 saturated heterocycles. The Hall–Kier alpha value is -0.900. The third-order valence-corrected chi connectivity index (χ3v) is 3.67. The Labute approximate surface area is 162 Å². The van der Waals surface area contributed by atoms with Gasteiger partial charge >= 0.3 is 0 Å². The quantitative estimate of drug-likeness (QED) is 0.277. The summed E-state index contributed by atoms with van der Waals surface area (Å²) in [7, 11) is 0. The lowest BCUT2D eigenvalue weighted by Gasteiger charge is -2.25. The zero-order valence-electron chi connectivity index (χ0n) is 15.5. The second-order valence-corrected chi connectivity index (χ2v) is 7.02. The van der Waals surface area contributed by atoms with Crippen LogP contribution in [-0.2, 0) is 6.54 Å². The lowest BCUT2D eigenvalue weighted by molar-refractivity contribution is 0.397. The van der Waals surface area contributed by atoms with Crippen LogP contribution in [0, 0.1) is 6.92 Å². The van der Waals surface area contributed by atoms with Crippen LogP contribution in [0.1, 0.15) is 58.2 Å². The molecule has 1 aliphatic rings. The zero-order valence-corrected chi connectivity index (χ0v) is 17.8. The van der Waals surface area contributed by atoms with E-state index in [0.29, 0.717) is 0 Å². The largest absolute Gasteiger partial charge is 0.357 e. The third-order valence-electron chi connectivity index (χ3n) is 3.67. The maximum absolute atomic E-state index is 4.66. The molecule has 1 aliphatic heterocycles. The fraction of sp³-hybridized carbons (Fsp3) is 0.812. The van der Waals surface area contributed by atoms with E-state index in [0.717, 1.165) is 56.6 Å². The van der Waals surface area contributed by atoms with Crippen LogP contribution in [0.2, 0.25) is 0 Å². The molecule has 1 aromatic rings. The molecule has 1 atom stereocenters. The predicted molar refractivity (Wildman–Crippen MR) is 109 cm³/mol. The van der Waals surface area contributed by atoms with E-state index in [1.54, 1.807) is 0 Å². The fourth-order valence-corrected chi connectivity index (χ4v) is 2.69. The van der Waals surface area contributed by atoms with Gasteiger partial charge in [0.05, 0.1) is 12.6 Å². The van der Waals surface area contributed by atoms with Crippen LogP contribution >= 0.6 is 24.0 Å². The average Bonchev–Trinajstić information content (AvgIpc) is 2.84. The first-order chi connectivity index (χ1) is 10.9. The minimum absolute atomic E-state index is 0. The number of halogens is 1. The third kappa shape index (κ3) is 6.54. The molecule has 0 saturated carbocycles. The maximum Gasteiger partial charge on any atom is 0.191 e. The topological polar surface area (TPSA) is 79.2 Å².